The Bertz CT molecular complexity index is 197. The highest BCUT2D eigenvalue weighted by Gasteiger charge is 2.28. The first-order valence-electron chi connectivity index (χ1n) is 7.48. The van der Waals surface area contributed by atoms with Crippen LogP contribution in [0.4, 0.5) is 0 Å². The summed E-state index contributed by atoms with van der Waals surface area (Å²) in [6.45, 7) is 8.72. The maximum atomic E-state index is 5.79. The molecule has 0 aromatic heterocycles. The van der Waals surface area contributed by atoms with Gasteiger partial charge >= 0.3 is 8.56 Å². The second-order valence-corrected chi connectivity index (χ2v) is 8.63. The topological polar surface area (TPSA) is 18.5 Å². The summed E-state index contributed by atoms with van der Waals surface area (Å²) in [5.41, 5.74) is 0. The van der Waals surface area contributed by atoms with E-state index in [1.54, 1.807) is 13.2 Å². The Morgan fingerprint density at radius 1 is 1.00 bits per heavy atom. The monoisotopic (exact) mass is 272 g/mol. The molecule has 0 saturated carbocycles. The fourth-order valence-electron chi connectivity index (χ4n) is 2.05. The molecule has 0 saturated heterocycles. The molecule has 1 unspecified atom stereocenters. The van der Waals surface area contributed by atoms with E-state index in [1.807, 2.05) is 0 Å². The van der Waals surface area contributed by atoms with Crippen LogP contribution < -0.4 is 0 Å². The van der Waals surface area contributed by atoms with E-state index in [0.29, 0.717) is 6.61 Å². The largest absolute Gasteiger partial charge is 0.398 e. The van der Waals surface area contributed by atoms with Gasteiger partial charge in [-0.25, -0.2) is 0 Å². The zero-order valence-corrected chi connectivity index (χ0v) is 13.7. The molecule has 0 radical (unpaired) electrons. The second kappa shape index (κ2) is 11.9. The van der Waals surface area contributed by atoms with Crippen LogP contribution in [0.5, 0.6) is 0 Å². The highest BCUT2D eigenvalue weighted by Crippen LogP contribution is 2.18. The summed E-state index contributed by atoms with van der Waals surface area (Å²) >= 11 is 0. The van der Waals surface area contributed by atoms with Gasteiger partial charge in [-0.1, -0.05) is 64.4 Å². The third-order valence-electron chi connectivity index (χ3n) is 3.42. The number of hydrogen-bond donors (Lipinski definition) is 0. The zero-order valence-electron chi connectivity index (χ0n) is 12.7. The predicted octanol–water partition coefficient (Wildman–Crippen LogP) is 5.05. The minimum atomic E-state index is -1.90. The van der Waals surface area contributed by atoms with E-state index >= 15 is 0 Å². The van der Waals surface area contributed by atoms with Gasteiger partial charge in [-0.3, -0.25) is 0 Å². The first-order chi connectivity index (χ1) is 8.68. The van der Waals surface area contributed by atoms with Crippen molar-refractivity contribution in [3.05, 3.63) is 12.7 Å². The van der Waals surface area contributed by atoms with E-state index in [4.69, 9.17) is 8.85 Å². The summed E-state index contributed by atoms with van der Waals surface area (Å²) in [5.74, 6) is 0. The standard InChI is InChI=1S/C15H32O2Si/c1-5-7-8-9-10-11-12-13-15-18(4,16-3)17-14-6-2/h6H,2,5,7-15H2,1,3-4H3. The number of rotatable bonds is 13. The van der Waals surface area contributed by atoms with Gasteiger partial charge in [0.1, 0.15) is 0 Å². The Morgan fingerprint density at radius 3 is 2.06 bits per heavy atom. The number of unbranched alkanes of at least 4 members (excludes halogenated alkanes) is 7. The lowest BCUT2D eigenvalue weighted by molar-refractivity contribution is 0.225. The van der Waals surface area contributed by atoms with E-state index in [0.717, 1.165) is 6.04 Å². The van der Waals surface area contributed by atoms with Crippen LogP contribution in [0.15, 0.2) is 12.7 Å². The van der Waals surface area contributed by atoms with Crippen LogP contribution in [-0.4, -0.2) is 22.3 Å². The molecule has 0 spiro atoms. The molecule has 0 aliphatic heterocycles. The van der Waals surface area contributed by atoms with Crippen molar-refractivity contribution < 1.29 is 8.85 Å². The van der Waals surface area contributed by atoms with Crippen LogP contribution in [0.2, 0.25) is 12.6 Å². The molecule has 2 nitrogen and oxygen atoms in total. The molecule has 0 aromatic carbocycles. The first-order valence-corrected chi connectivity index (χ1v) is 10.0. The summed E-state index contributed by atoms with van der Waals surface area (Å²) in [5, 5.41) is 0. The van der Waals surface area contributed by atoms with Gasteiger partial charge < -0.3 is 8.85 Å². The Kier molecular flexibility index (Phi) is 11.9. The molecule has 0 aromatic rings. The van der Waals surface area contributed by atoms with Gasteiger partial charge in [0, 0.05) is 7.11 Å². The van der Waals surface area contributed by atoms with Crippen molar-refractivity contribution in [1.82, 2.24) is 0 Å². The normalized spacial score (nSPS) is 14.4. The van der Waals surface area contributed by atoms with Crippen LogP contribution in [-0.2, 0) is 8.85 Å². The molecule has 3 heteroatoms. The van der Waals surface area contributed by atoms with E-state index in [2.05, 4.69) is 20.0 Å². The summed E-state index contributed by atoms with van der Waals surface area (Å²) < 4.78 is 11.4. The van der Waals surface area contributed by atoms with Crippen molar-refractivity contribution in [3.63, 3.8) is 0 Å². The van der Waals surface area contributed by atoms with Gasteiger partial charge in [0.15, 0.2) is 0 Å². The van der Waals surface area contributed by atoms with Gasteiger partial charge in [-0.15, -0.1) is 6.58 Å². The fraction of sp³-hybridized carbons (Fsp3) is 0.867. The average molecular weight is 273 g/mol. The van der Waals surface area contributed by atoms with Gasteiger partial charge in [-0.05, 0) is 12.6 Å². The Labute approximate surface area is 115 Å². The molecule has 0 rings (SSSR count). The summed E-state index contributed by atoms with van der Waals surface area (Å²) in [7, 11) is -0.119. The van der Waals surface area contributed by atoms with Crippen molar-refractivity contribution in [2.75, 3.05) is 13.7 Å². The van der Waals surface area contributed by atoms with Crippen LogP contribution in [0, 0.1) is 0 Å². The van der Waals surface area contributed by atoms with Crippen molar-refractivity contribution >= 4 is 8.56 Å². The zero-order chi connectivity index (χ0) is 13.7. The molecule has 0 amide bonds. The SMILES string of the molecule is C=CCO[Si](C)(CCCCCCCCCC)OC. The van der Waals surface area contributed by atoms with E-state index in [1.165, 1.54) is 51.4 Å². The van der Waals surface area contributed by atoms with Crippen molar-refractivity contribution in [3.8, 4) is 0 Å². The van der Waals surface area contributed by atoms with E-state index < -0.39 is 8.56 Å². The molecule has 0 fully saturated rings. The Balaban J connectivity index is 3.47. The molecule has 1 atom stereocenters. The van der Waals surface area contributed by atoms with Crippen LogP contribution in [0.1, 0.15) is 58.3 Å². The molecule has 108 valence electrons. The van der Waals surface area contributed by atoms with E-state index in [-0.39, 0.29) is 0 Å². The lowest BCUT2D eigenvalue weighted by Gasteiger charge is -2.24. The van der Waals surface area contributed by atoms with Crippen molar-refractivity contribution in [2.24, 2.45) is 0 Å². The maximum Gasteiger partial charge on any atom is 0.334 e. The second-order valence-electron chi connectivity index (χ2n) is 5.16. The molecular formula is C15H32O2Si. The van der Waals surface area contributed by atoms with Crippen LogP contribution in [0.3, 0.4) is 0 Å². The van der Waals surface area contributed by atoms with Crippen molar-refractivity contribution in [1.29, 1.82) is 0 Å². The van der Waals surface area contributed by atoms with Crippen LogP contribution in [0.25, 0.3) is 0 Å². The molecule has 0 N–H and O–H groups in total. The van der Waals surface area contributed by atoms with Gasteiger partial charge in [-0.2, -0.15) is 0 Å². The minimum Gasteiger partial charge on any atom is -0.398 e. The summed E-state index contributed by atoms with van der Waals surface area (Å²) in [6, 6.07) is 1.10. The molecule has 18 heavy (non-hydrogen) atoms. The maximum absolute atomic E-state index is 5.79. The highest BCUT2D eigenvalue weighted by atomic mass is 28.4. The smallest absolute Gasteiger partial charge is 0.334 e. The Morgan fingerprint density at radius 2 is 1.56 bits per heavy atom. The molecule has 0 aliphatic rings. The van der Waals surface area contributed by atoms with Gasteiger partial charge in [0.2, 0.25) is 0 Å². The van der Waals surface area contributed by atoms with Gasteiger partial charge in [0.25, 0.3) is 0 Å². The van der Waals surface area contributed by atoms with Gasteiger partial charge in [0.05, 0.1) is 6.61 Å². The first kappa shape index (κ1) is 17.9. The lowest BCUT2D eigenvalue weighted by atomic mass is 10.1. The van der Waals surface area contributed by atoms with Crippen LogP contribution >= 0.6 is 0 Å². The fourth-order valence-corrected chi connectivity index (χ4v) is 3.88. The molecule has 0 bridgehead atoms. The third kappa shape index (κ3) is 9.86. The average Bonchev–Trinajstić information content (AvgIpc) is 2.39. The highest BCUT2D eigenvalue weighted by molar-refractivity contribution is 6.65. The molecule has 0 heterocycles. The van der Waals surface area contributed by atoms with E-state index in [9.17, 15) is 0 Å². The molecule has 0 aliphatic carbocycles. The lowest BCUT2D eigenvalue weighted by Crippen LogP contribution is -2.37. The minimum absolute atomic E-state index is 0.619. The Hall–Kier alpha value is -0.123. The predicted molar refractivity (Wildman–Crippen MR) is 82.2 cm³/mol. The summed E-state index contributed by atoms with van der Waals surface area (Å²) in [6.07, 6.45) is 12.6. The molecular weight excluding hydrogens is 240 g/mol. The third-order valence-corrected chi connectivity index (χ3v) is 6.33. The quantitative estimate of drug-likeness (QED) is 0.265. The number of hydrogen-bond acceptors (Lipinski definition) is 2. The van der Waals surface area contributed by atoms with Crippen molar-refractivity contribution in [2.45, 2.75) is 70.9 Å². The summed E-state index contributed by atoms with van der Waals surface area (Å²) in [4.78, 5) is 0.